The lowest BCUT2D eigenvalue weighted by Crippen LogP contribution is -2.35. The summed E-state index contributed by atoms with van der Waals surface area (Å²) in [6, 6.07) is 1.70. The van der Waals surface area contributed by atoms with E-state index < -0.39 is 0 Å². The molecule has 0 aliphatic rings. The molecule has 5 heteroatoms. The van der Waals surface area contributed by atoms with Gasteiger partial charge >= 0.3 is 0 Å². The lowest BCUT2D eigenvalue weighted by molar-refractivity contribution is 0.242. The van der Waals surface area contributed by atoms with E-state index >= 15 is 0 Å². The van der Waals surface area contributed by atoms with Crippen molar-refractivity contribution in [3.05, 3.63) is 22.6 Å². The molecule has 0 aliphatic carbocycles. The topological polar surface area (TPSA) is 38.1 Å². The summed E-state index contributed by atoms with van der Waals surface area (Å²) in [5.41, 5.74) is 1.00. The molecule has 0 spiro atoms. The highest BCUT2D eigenvalue weighted by atomic mass is 79.9. The average Bonchev–Trinajstić information content (AvgIpc) is 2.48. The van der Waals surface area contributed by atoms with E-state index in [-0.39, 0.29) is 11.0 Å². The van der Waals surface area contributed by atoms with E-state index in [2.05, 4.69) is 53.6 Å². The van der Waals surface area contributed by atoms with Crippen molar-refractivity contribution < 1.29 is 0 Å². The normalized spacial score (nSPS) is 11.7. The minimum absolute atomic E-state index is 0.0124. The number of halogens is 1. The first kappa shape index (κ1) is 17.2. The van der Waals surface area contributed by atoms with Gasteiger partial charge in [0.25, 0.3) is 5.56 Å². The van der Waals surface area contributed by atoms with Crippen LogP contribution in [0.25, 0.3) is 0 Å². The molecule has 0 saturated carbocycles. The fourth-order valence-corrected chi connectivity index (χ4v) is 3.30. The largest absolute Gasteiger partial charge is 0.371 e. The van der Waals surface area contributed by atoms with Gasteiger partial charge in [-0.15, -0.1) is 0 Å². The molecule has 0 N–H and O–H groups in total. The summed E-state index contributed by atoms with van der Waals surface area (Å²) in [5, 5.41) is 5.25. The van der Waals surface area contributed by atoms with Crippen molar-refractivity contribution in [3.63, 3.8) is 0 Å². The molecule has 1 rings (SSSR count). The minimum atomic E-state index is -0.0124. The van der Waals surface area contributed by atoms with Gasteiger partial charge < -0.3 is 4.90 Å². The highest BCUT2D eigenvalue weighted by molar-refractivity contribution is 9.09. The van der Waals surface area contributed by atoms with E-state index in [9.17, 15) is 4.79 Å². The predicted molar refractivity (Wildman–Crippen MR) is 88.9 cm³/mol. The molecule has 0 radical (unpaired) electrons. The molecule has 0 saturated heterocycles. The van der Waals surface area contributed by atoms with Gasteiger partial charge in [-0.3, -0.25) is 4.79 Å². The second-order valence-electron chi connectivity index (χ2n) is 5.22. The highest BCUT2D eigenvalue weighted by Gasteiger charge is 2.26. The van der Waals surface area contributed by atoms with E-state index in [1.54, 1.807) is 16.9 Å². The van der Waals surface area contributed by atoms with Crippen molar-refractivity contribution in [2.45, 2.75) is 47.1 Å². The molecule has 0 atom stereocenters. The smallest absolute Gasteiger partial charge is 0.268 e. The summed E-state index contributed by atoms with van der Waals surface area (Å²) in [5.74, 6) is 0. The van der Waals surface area contributed by atoms with Crippen molar-refractivity contribution in [1.82, 2.24) is 9.78 Å². The van der Waals surface area contributed by atoms with Crippen LogP contribution >= 0.6 is 15.9 Å². The summed E-state index contributed by atoms with van der Waals surface area (Å²) in [7, 11) is 0. The first-order chi connectivity index (χ1) is 9.55. The van der Waals surface area contributed by atoms with Crippen molar-refractivity contribution >= 4 is 21.6 Å². The maximum atomic E-state index is 12.3. The van der Waals surface area contributed by atoms with Crippen LogP contribution in [0.15, 0.2) is 17.1 Å². The molecule has 4 nitrogen and oxygen atoms in total. The summed E-state index contributed by atoms with van der Waals surface area (Å²) in [6.45, 7) is 10.9. The fraction of sp³-hybridized carbons (Fsp3) is 0.733. The van der Waals surface area contributed by atoms with Gasteiger partial charge in [0.2, 0.25) is 0 Å². The second-order valence-corrected chi connectivity index (χ2v) is 5.78. The van der Waals surface area contributed by atoms with Crippen molar-refractivity contribution in [2.75, 3.05) is 23.3 Å². The Labute approximate surface area is 130 Å². The van der Waals surface area contributed by atoms with Crippen molar-refractivity contribution in [2.24, 2.45) is 5.41 Å². The molecule has 1 aromatic heterocycles. The Balaban J connectivity index is 3.02. The summed E-state index contributed by atoms with van der Waals surface area (Å²) in [6.07, 6.45) is 3.86. The summed E-state index contributed by atoms with van der Waals surface area (Å²) < 4.78 is 1.60. The molecule has 0 amide bonds. The van der Waals surface area contributed by atoms with Gasteiger partial charge in [-0.1, -0.05) is 29.8 Å². The molecular weight excluding hydrogens is 318 g/mol. The minimum Gasteiger partial charge on any atom is -0.371 e. The van der Waals surface area contributed by atoms with E-state index in [0.717, 1.165) is 36.9 Å². The molecule has 0 bridgehead atoms. The van der Waals surface area contributed by atoms with Crippen molar-refractivity contribution in [1.29, 1.82) is 0 Å². The monoisotopic (exact) mass is 343 g/mol. The number of anilines is 1. The Bertz CT molecular complexity index is 456. The number of hydrogen-bond donors (Lipinski definition) is 0. The van der Waals surface area contributed by atoms with E-state index in [0.29, 0.717) is 6.54 Å². The number of alkyl halides is 1. The van der Waals surface area contributed by atoms with Gasteiger partial charge in [0.1, 0.15) is 0 Å². The number of nitrogens with zero attached hydrogens (tertiary/aromatic N) is 3. The standard InChI is InChI=1S/C15H26BrN3O/c1-5-15(6-2,11-16)12-19-14(20)9-13(10-17-19)18(7-3)8-4/h9-10H,5-8,11-12H2,1-4H3. The quantitative estimate of drug-likeness (QED) is 0.679. The van der Waals surface area contributed by atoms with Crippen LogP contribution in [0.4, 0.5) is 5.69 Å². The molecule has 1 heterocycles. The van der Waals surface area contributed by atoms with Crippen molar-refractivity contribution in [3.8, 4) is 0 Å². The van der Waals surface area contributed by atoms with E-state index in [1.807, 2.05) is 0 Å². The third-order valence-corrected chi connectivity index (χ3v) is 5.44. The predicted octanol–water partition coefficient (Wildman–Crippen LogP) is 3.29. The van der Waals surface area contributed by atoms with Gasteiger partial charge in [-0.25, -0.2) is 4.68 Å². The van der Waals surface area contributed by atoms with Crippen LogP contribution in [0.5, 0.6) is 0 Å². The number of rotatable bonds is 8. The zero-order valence-electron chi connectivity index (χ0n) is 13.0. The average molecular weight is 344 g/mol. The Morgan fingerprint density at radius 1 is 1.25 bits per heavy atom. The van der Waals surface area contributed by atoms with Crippen LogP contribution in [0.1, 0.15) is 40.5 Å². The molecule has 0 fully saturated rings. The van der Waals surface area contributed by atoms with E-state index in [4.69, 9.17) is 0 Å². The van der Waals surface area contributed by atoms with Crippen LogP contribution in [0.3, 0.4) is 0 Å². The lowest BCUT2D eigenvalue weighted by Gasteiger charge is -2.29. The summed E-state index contributed by atoms with van der Waals surface area (Å²) >= 11 is 3.58. The zero-order chi connectivity index (χ0) is 15.2. The number of hydrogen-bond acceptors (Lipinski definition) is 3. The van der Waals surface area contributed by atoms with Crippen LogP contribution in [0, 0.1) is 5.41 Å². The fourth-order valence-electron chi connectivity index (χ4n) is 2.33. The third kappa shape index (κ3) is 3.84. The molecule has 114 valence electrons. The SMILES string of the molecule is CCN(CC)c1cnn(CC(CC)(CC)CBr)c(=O)c1. The Hall–Kier alpha value is -0.840. The maximum absolute atomic E-state index is 12.3. The molecule has 0 aromatic carbocycles. The Kier molecular flexibility index (Phi) is 6.72. The second kappa shape index (κ2) is 7.81. The molecule has 0 aliphatic heterocycles. The zero-order valence-corrected chi connectivity index (χ0v) is 14.6. The summed E-state index contributed by atoms with van der Waals surface area (Å²) in [4.78, 5) is 14.4. The first-order valence-corrected chi connectivity index (χ1v) is 8.56. The van der Waals surface area contributed by atoms with Crippen LogP contribution in [-0.4, -0.2) is 28.2 Å². The maximum Gasteiger partial charge on any atom is 0.268 e. The number of aromatic nitrogens is 2. The van der Waals surface area contributed by atoms with Gasteiger partial charge in [0, 0.05) is 24.5 Å². The Morgan fingerprint density at radius 2 is 1.85 bits per heavy atom. The van der Waals surface area contributed by atoms with E-state index in [1.165, 1.54) is 0 Å². The van der Waals surface area contributed by atoms with Gasteiger partial charge in [0.15, 0.2) is 0 Å². The first-order valence-electron chi connectivity index (χ1n) is 7.43. The lowest BCUT2D eigenvalue weighted by atomic mass is 9.85. The molecule has 0 unspecified atom stereocenters. The molecule has 1 aromatic rings. The van der Waals surface area contributed by atoms with Gasteiger partial charge in [0.05, 0.1) is 18.4 Å². The van der Waals surface area contributed by atoms with Gasteiger partial charge in [-0.05, 0) is 32.1 Å². The Morgan fingerprint density at radius 3 is 2.25 bits per heavy atom. The molecule has 20 heavy (non-hydrogen) atoms. The molecular formula is C15H26BrN3O. The van der Waals surface area contributed by atoms with Gasteiger partial charge in [-0.2, -0.15) is 5.10 Å². The van der Waals surface area contributed by atoms with Crippen LogP contribution in [-0.2, 0) is 6.54 Å². The highest BCUT2D eigenvalue weighted by Crippen LogP contribution is 2.30. The van der Waals surface area contributed by atoms with Crippen LogP contribution in [0.2, 0.25) is 0 Å². The van der Waals surface area contributed by atoms with Crippen LogP contribution < -0.4 is 10.5 Å². The third-order valence-electron chi connectivity index (χ3n) is 4.25.